The van der Waals surface area contributed by atoms with Crippen LogP contribution in [0, 0.1) is 17.1 Å². The van der Waals surface area contributed by atoms with E-state index in [-0.39, 0.29) is 5.75 Å². The van der Waals surface area contributed by atoms with Gasteiger partial charge in [0, 0.05) is 0 Å². The highest BCUT2D eigenvalue weighted by Crippen LogP contribution is 2.25. The number of aliphatic hydroxyl groups excluding tert-OH is 1. The fourth-order valence-corrected chi connectivity index (χ4v) is 1.36. The van der Waals surface area contributed by atoms with E-state index >= 15 is 0 Å². The number of aliphatic hydroxyl groups is 1. The minimum absolute atomic E-state index is 0.110. The molecule has 98 valence electrons. The van der Waals surface area contributed by atoms with Crippen LogP contribution in [0.1, 0.15) is 25.5 Å². The maximum absolute atomic E-state index is 13.5. The number of benzene rings is 1. The van der Waals surface area contributed by atoms with Crippen molar-refractivity contribution in [3.63, 3.8) is 0 Å². The van der Waals surface area contributed by atoms with E-state index in [9.17, 15) is 9.50 Å². The van der Waals surface area contributed by atoms with Crippen LogP contribution in [-0.4, -0.2) is 24.4 Å². The minimum Gasteiger partial charge on any atom is -0.494 e. The van der Waals surface area contributed by atoms with Crippen LogP contribution >= 0.6 is 0 Å². The van der Waals surface area contributed by atoms with Crippen molar-refractivity contribution >= 4 is 0 Å². The van der Waals surface area contributed by atoms with Crippen molar-refractivity contribution in [3.8, 4) is 11.8 Å². The summed E-state index contributed by atoms with van der Waals surface area (Å²) in [6.07, 6.45) is -2.14. The average molecular weight is 253 g/mol. The van der Waals surface area contributed by atoms with Crippen molar-refractivity contribution in [2.75, 3.05) is 7.11 Å². The third kappa shape index (κ3) is 3.42. The molecular formula is C13H16FNO3. The van der Waals surface area contributed by atoms with E-state index < -0.39 is 24.1 Å². The van der Waals surface area contributed by atoms with Crippen molar-refractivity contribution in [1.29, 1.82) is 5.26 Å². The van der Waals surface area contributed by atoms with Gasteiger partial charge in [0.2, 0.25) is 0 Å². The molecule has 1 aromatic rings. The van der Waals surface area contributed by atoms with E-state index in [0.717, 1.165) is 0 Å². The number of hydrogen-bond donors (Lipinski definition) is 1. The third-order valence-electron chi connectivity index (χ3n) is 2.63. The number of hydrogen-bond acceptors (Lipinski definition) is 4. The molecule has 0 heterocycles. The van der Waals surface area contributed by atoms with Gasteiger partial charge in [0.1, 0.15) is 0 Å². The highest BCUT2D eigenvalue weighted by atomic mass is 19.1. The predicted molar refractivity (Wildman–Crippen MR) is 63.5 cm³/mol. The molecule has 0 amide bonds. The van der Waals surface area contributed by atoms with Crippen LogP contribution in [0.2, 0.25) is 0 Å². The van der Waals surface area contributed by atoms with Crippen molar-refractivity contribution in [3.05, 3.63) is 29.6 Å². The number of methoxy groups -OCH3 is 1. The van der Waals surface area contributed by atoms with Gasteiger partial charge in [-0.05, 0) is 31.5 Å². The molecule has 0 aromatic heterocycles. The molecule has 0 fully saturated rings. The summed E-state index contributed by atoms with van der Waals surface area (Å²) in [7, 11) is 1.37. The van der Waals surface area contributed by atoms with Crippen LogP contribution in [0.4, 0.5) is 4.39 Å². The van der Waals surface area contributed by atoms with Gasteiger partial charge in [-0.3, -0.25) is 0 Å². The van der Waals surface area contributed by atoms with Gasteiger partial charge in [-0.15, -0.1) is 0 Å². The molecular weight excluding hydrogens is 237 g/mol. The molecule has 3 unspecified atom stereocenters. The quantitative estimate of drug-likeness (QED) is 0.873. The second-order valence-corrected chi connectivity index (χ2v) is 3.98. The van der Waals surface area contributed by atoms with Crippen LogP contribution in [0.5, 0.6) is 5.75 Å². The van der Waals surface area contributed by atoms with Crippen LogP contribution in [0.25, 0.3) is 0 Å². The molecule has 0 saturated carbocycles. The summed E-state index contributed by atoms with van der Waals surface area (Å²) in [4.78, 5) is 0. The molecule has 0 spiro atoms. The largest absolute Gasteiger partial charge is 0.494 e. The van der Waals surface area contributed by atoms with Gasteiger partial charge in [-0.25, -0.2) is 4.39 Å². The Hall–Kier alpha value is -1.64. The summed E-state index contributed by atoms with van der Waals surface area (Å²) in [5, 5.41) is 18.3. The summed E-state index contributed by atoms with van der Waals surface area (Å²) < 4.78 is 23.7. The van der Waals surface area contributed by atoms with E-state index in [1.165, 1.54) is 19.2 Å². The van der Waals surface area contributed by atoms with Crippen molar-refractivity contribution in [2.24, 2.45) is 0 Å². The molecule has 18 heavy (non-hydrogen) atoms. The molecule has 5 heteroatoms. The zero-order chi connectivity index (χ0) is 13.7. The highest BCUT2D eigenvalue weighted by Gasteiger charge is 2.19. The Morgan fingerprint density at radius 2 is 2.06 bits per heavy atom. The lowest BCUT2D eigenvalue weighted by atomic mass is 10.1. The molecule has 1 rings (SSSR count). The van der Waals surface area contributed by atoms with Gasteiger partial charge in [0.15, 0.2) is 17.7 Å². The zero-order valence-electron chi connectivity index (χ0n) is 10.6. The number of ether oxygens (including phenoxy) is 2. The summed E-state index contributed by atoms with van der Waals surface area (Å²) >= 11 is 0. The standard InChI is InChI=1S/C13H16FNO3/c1-8(16)9(2)18-13(7-15)10-4-5-12(17-3)11(14)6-10/h4-6,8-9,13,16H,1-3H3. The van der Waals surface area contributed by atoms with E-state index in [0.29, 0.717) is 5.56 Å². The van der Waals surface area contributed by atoms with E-state index in [4.69, 9.17) is 14.7 Å². The summed E-state index contributed by atoms with van der Waals surface area (Å²) in [5.74, 6) is -0.442. The number of halogens is 1. The Bertz CT molecular complexity index is 442. The molecule has 0 saturated heterocycles. The molecule has 1 N–H and O–H groups in total. The summed E-state index contributed by atoms with van der Waals surface area (Å²) in [6.45, 7) is 3.21. The molecule has 3 atom stereocenters. The third-order valence-corrected chi connectivity index (χ3v) is 2.63. The number of nitrogens with zero attached hydrogens (tertiary/aromatic N) is 1. The van der Waals surface area contributed by atoms with Crippen LogP contribution in [0.15, 0.2) is 18.2 Å². The van der Waals surface area contributed by atoms with Gasteiger partial charge >= 0.3 is 0 Å². The lowest BCUT2D eigenvalue weighted by molar-refractivity contribution is -0.0426. The van der Waals surface area contributed by atoms with Crippen molar-refractivity contribution in [1.82, 2.24) is 0 Å². The van der Waals surface area contributed by atoms with Crippen molar-refractivity contribution in [2.45, 2.75) is 32.2 Å². The molecule has 0 aliphatic rings. The average Bonchev–Trinajstić information content (AvgIpc) is 2.35. The molecule has 0 aliphatic carbocycles. The second kappa shape index (κ2) is 6.34. The Morgan fingerprint density at radius 1 is 1.39 bits per heavy atom. The first-order valence-corrected chi connectivity index (χ1v) is 5.56. The normalized spacial score (nSPS) is 15.6. The number of nitriles is 1. The Kier molecular flexibility index (Phi) is 5.08. The minimum atomic E-state index is -0.921. The Labute approximate surface area is 106 Å². The zero-order valence-corrected chi connectivity index (χ0v) is 10.6. The molecule has 4 nitrogen and oxygen atoms in total. The monoisotopic (exact) mass is 253 g/mol. The Balaban J connectivity index is 2.90. The topological polar surface area (TPSA) is 62.5 Å². The van der Waals surface area contributed by atoms with E-state index in [1.807, 2.05) is 6.07 Å². The maximum atomic E-state index is 13.5. The lowest BCUT2D eigenvalue weighted by Crippen LogP contribution is -2.24. The van der Waals surface area contributed by atoms with Crippen LogP contribution in [0.3, 0.4) is 0 Å². The van der Waals surface area contributed by atoms with Crippen LogP contribution < -0.4 is 4.74 Å². The molecule has 0 aliphatic heterocycles. The fourth-order valence-electron chi connectivity index (χ4n) is 1.36. The molecule has 0 bridgehead atoms. The second-order valence-electron chi connectivity index (χ2n) is 3.98. The smallest absolute Gasteiger partial charge is 0.169 e. The van der Waals surface area contributed by atoms with Gasteiger partial charge in [0.25, 0.3) is 0 Å². The van der Waals surface area contributed by atoms with Crippen LogP contribution in [-0.2, 0) is 4.74 Å². The van der Waals surface area contributed by atoms with Gasteiger partial charge in [0.05, 0.1) is 25.4 Å². The fraction of sp³-hybridized carbons (Fsp3) is 0.462. The predicted octanol–water partition coefficient (Wildman–Crippen LogP) is 2.18. The van der Waals surface area contributed by atoms with E-state index in [1.54, 1.807) is 19.9 Å². The number of rotatable bonds is 5. The molecule has 1 aromatic carbocycles. The van der Waals surface area contributed by atoms with Gasteiger partial charge in [-0.1, -0.05) is 6.07 Å². The SMILES string of the molecule is COc1ccc(C(C#N)OC(C)C(C)O)cc1F. The first kappa shape index (κ1) is 14.4. The van der Waals surface area contributed by atoms with Gasteiger partial charge < -0.3 is 14.6 Å². The first-order chi connectivity index (χ1) is 8.49. The first-order valence-electron chi connectivity index (χ1n) is 5.56. The lowest BCUT2D eigenvalue weighted by Gasteiger charge is -2.20. The maximum Gasteiger partial charge on any atom is 0.169 e. The summed E-state index contributed by atoms with van der Waals surface area (Å²) in [6, 6.07) is 6.12. The molecule has 0 radical (unpaired) electrons. The summed E-state index contributed by atoms with van der Waals surface area (Å²) in [5.41, 5.74) is 0.392. The Morgan fingerprint density at radius 3 is 2.50 bits per heavy atom. The van der Waals surface area contributed by atoms with Gasteiger partial charge in [-0.2, -0.15) is 5.26 Å². The van der Waals surface area contributed by atoms with E-state index in [2.05, 4.69) is 0 Å². The van der Waals surface area contributed by atoms with Crippen molar-refractivity contribution < 1.29 is 19.0 Å². The highest BCUT2D eigenvalue weighted by molar-refractivity contribution is 5.32.